The summed E-state index contributed by atoms with van der Waals surface area (Å²) < 4.78 is 10.8. The molecule has 0 amide bonds. The maximum Gasteiger partial charge on any atom is 0.146 e. The highest BCUT2D eigenvalue weighted by molar-refractivity contribution is 5.21. The predicted octanol–water partition coefficient (Wildman–Crippen LogP) is 2.02. The van der Waals surface area contributed by atoms with Crippen LogP contribution in [0.15, 0.2) is 35.1 Å². The van der Waals surface area contributed by atoms with Crippen molar-refractivity contribution in [3.05, 3.63) is 47.7 Å². The number of nitrogens with two attached hydrogens (primary N) is 1. The lowest BCUT2D eigenvalue weighted by Crippen LogP contribution is -2.02. The number of ether oxygens (including phenoxy) is 1. The van der Waals surface area contributed by atoms with Crippen molar-refractivity contribution in [1.82, 2.24) is 4.98 Å². The summed E-state index contributed by atoms with van der Waals surface area (Å²) in [6.45, 7) is 2.77. The highest BCUT2D eigenvalue weighted by Gasteiger charge is 2.05. The number of hydrogen-bond acceptors (Lipinski definition) is 4. The van der Waals surface area contributed by atoms with Gasteiger partial charge in [0.1, 0.15) is 18.1 Å². The second-order valence-electron chi connectivity index (χ2n) is 3.50. The van der Waals surface area contributed by atoms with Gasteiger partial charge in [0, 0.05) is 17.8 Å². The Morgan fingerprint density at radius 1 is 1.38 bits per heavy atom. The van der Waals surface area contributed by atoms with Gasteiger partial charge >= 0.3 is 0 Å². The smallest absolute Gasteiger partial charge is 0.146 e. The number of furan rings is 1. The summed E-state index contributed by atoms with van der Waals surface area (Å²) in [4.78, 5) is 4.14. The van der Waals surface area contributed by atoms with Crippen LogP contribution in [0.1, 0.15) is 17.0 Å². The largest absolute Gasteiger partial charge is 0.484 e. The zero-order chi connectivity index (χ0) is 11.4. The fraction of sp³-hybridized carbons (Fsp3) is 0.250. The van der Waals surface area contributed by atoms with Crippen molar-refractivity contribution in [2.24, 2.45) is 5.73 Å². The third-order valence-corrected chi connectivity index (χ3v) is 2.31. The molecule has 2 rings (SSSR count). The van der Waals surface area contributed by atoms with E-state index in [1.165, 1.54) is 0 Å². The van der Waals surface area contributed by atoms with Crippen molar-refractivity contribution in [2.75, 3.05) is 0 Å². The van der Waals surface area contributed by atoms with Crippen molar-refractivity contribution in [1.29, 1.82) is 0 Å². The minimum absolute atomic E-state index is 0.379. The molecule has 0 aliphatic carbocycles. The first-order valence-electron chi connectivity index (χ1n) is 5.10. The molecule has 0 radical (unpaired) electrons. The zero-order valence-corrected chi connectivity index (χ0v) is 9.14. The summed E-state index contributed by atoms with van der Waals surface area (Å²) in [5.41, 5.74) is 7.49. The van der Waals surface area contributed by atoms with Gasteiger partial charge in [0.2, 0.25) is 0 Å². The Morgan fingerprint density at radius 3 is 2.94 bits per heavy atom. The third-order valence-electron chi connectivity index (χ3n) is 2.31. The second kappa shape index (κ2) is 4.81. The van der Waals surface area contributed by atoms with Crippen LogP contribution in [0.2, 0.25) is 0 Å². The van der Waals surface area contributed by atoms with Crippen LogP contribution in [0.4, 0.5) is 0 Å². The Kier molecular flexibility index (Phi) is 3.22. The number of nitrogens with zero attached hydrogens (tertiary/aromatic N) is 1. The van der Waals surface area contributed by atoms with E-state index in [1.54, 1.807) is 12.5 Å². The molecule has 2 aromatic heterocycles. The monoisotopic (exact) mass is 218 g/mol. The van der Waals surface area contributed by atoms with E-state index in [2.05, 4.69) is 4.98 Å². The summed E-state index contributed by atoms with van der Waals surface area (Å²) in [5, 5.41) is 0. The third kappa shape index (κ3) is 2.41. The van der Waals surface area contributed by atoms with Gasteiger partial charge in [-0.05, 0) is 25.1 Å². The highest BCUT2D eigenvalue weighted by Crippen LogP contribution is 2.15. The summed E-state index contributed by atoms with van der Waals surface area (Å²) in [7, 11) is 0. The van der Waals surface area contributed by atoms with E-state index in [0.29, 0.717) is 13.2 Å². The molecule has 0 atom stereocenters. The van der Waals surface area contributed by atoms with Gasteiger partial charge in [-0.2, -0.15) is 0 Å². The van der Waals surface area contributed by atoms with Crippen LogP contribution in [-0.4, -0.2) is 4.98 Å². The van der Waals surface area contributed by atoms with Crippen molar-refractivity contribution in [3.8, 4) is 5.75 Å². The second-order valence-corrected chi connectivity index (χ2v) is 3.50. The lowest BCUT2D eigenvalue weighted by Gasteiger charge is -2.05. The maximum absolute atomic E-state index is 5.56. The number of pyridine rings is 1. The molecule has 4 heteroatoms. The molecule has 0 spiro atoms. The molecule has 2 aromatic rings. The van der Waals surface area contributed by atoms with Crippen molar-refractivity contribution >= 4 is 0 Å². The summed E-state index contributed by atoms with van der Waals surface area (Å²) in [6.07, 6.45) is 3.31. The van der Waals surface area contributed by atoms with Gasteiger partial charge in [-0.1, -0.05) is 0 Å². The molecule has 0 saturated carbocycles. The molecule has 84 valence electrons. The van der Waals surface area contributed by atoms with Gasteiger partial charge in [0.25, 0.3) is 0 Å². The van der Waals surface area contributed by atoms with Crippen LogP contribution < -0.4 is 10.5 Å². The summed E-state index contributed by atoms with van der Waals surface area (Å²) in [6, 6.07) is 5.64. The predicted molar refractivity (Wildman–Crippen MR) is 59.9 cm³/mol. The Balaban J connectivity index is 1.99. The lowest BCUT2D eigenvalue weighted by molar-refractivity contribution is 0.267. The van der Waals surface area contributed by atoms with Crippen molar-refractivity contribution < 1.29 is 9.15 Å². The van der Waals surface area contributed by atoms with Gasteiger partial charge in [-0.25, -0.2) is 0 Å². The van der Waals surface area contributed by atoms with Crippen LogP contribution in [0.3, 0.4) is 0 Å². The molecule has 0 saturated heterocycles. The minimum atomic E-state index is 0.379. The van der Waals surface area contributed by atoms with Crippen molar-refractivity contribution in [2.45, 2.75) is 20.1 Å². The zero-order valence-electron chi connectivity index (χ0n) is 9.14. The number of aryl methyl sites for hydroxylation is 1. The van der Waals surface area contributed by atoms with E-state index < -0.39 is 0 Å². The first-order chi connectivity index (χ1) is 7.79. The molecular formula is C12H14N2O2. The fourth-order valence-electron chi connectivity index (χ4n) is 1.36. The van der Waals surface area contributed by atoms with Crippen LogP contribution >= 0.6 is 0 Å². The molecule has 0 unspecified atom stereocenters. The quantitative estimate of drug-likeness (QED) is 0.852. The molecule has 2 heterocycles. The van der Waals surface area contributed by atoms with Crippen molar-refractivity contribution in [3.63, 3.8) is 0 Å². The van der Waals surface area contributed by atoms with E-state index in [9.17, 15) is 0 Å². The fourth-order valence-corrected chi connectivity index (χ4v) is 1.36. The number of aromatic nitrogens is 1. The molecule has 0 aliphatic heterocycles. The normalized spacial score (nSPS) is 10.4. The average Bonchev–Trinajstić information content (AvgIpc) is 2.76. The van der Waals surface area contributed by atoms with E-state index in [4.69, 9.17) is 14.9 Å². The molecule has 16 heavy (non-hydrogen) atoms. The van der Waals surface area contributed by atoms with Gasteiger partial charge in [0.05, 0.1) is 12.5 Å². The molecule has 2 N–H and O–H groups in total. The van der Waals surface area contributed by atoms with Crippen LogP contribution in [0, 0.1) is 6.92 Å². The highest BCUT2D eigenvalue weighted by atomic mass is 16.5. The summed E-state index contributed by atoms with van der Waals surface area (Å²) >= 11 is 0. The Labute approximate surface area is 94.1 Å². The average molecular weight is 218 g/mol. The van der Waals surface area contributed by atoms with Crippen LogP contribution in [-0.2, 0) is 13.2 Å². The molecule has 0 aliphatic rings. The molecule has 0 fully saturated rings. The molecule has 4 nitrogen and oxygen atoms in total. The molecule has 0 aromatic carbocycles. The van der Waals surface area contributed by atoms with E-state index in [1.807, 2.05) is 25.1 Å². The lowest BCUT2D eigenvalue weighted by atomic mass is 10.2. The van der Waals surface area contributed by atoms with Crippen LogP contribution in [0.5, 0.6) is 5.75 Å². The topological polar surface area (TPSA) is 61.3 Å². The molecule has 0 bridgehead atoms. The standard InChI is InChI=1S/C12H14N2O2/c1-9-2-3-11(7-14-9)16-8-12-10(6-13)4-5-15-12/h2-5,7H,6,8,13H2,1H3. The van der Waals surface area contributed by atoms with Gasteiger partial charge in [0.15, 0.2) is 0 Å². The Bertz CT molecular complexity index is 448. The molecular weight excluding hydrogens is 204 g/mol. The Morgan fingerprint density at radius 2 is 2.25 bits per heavy atom. The number of rotatable bonds is 4. The van der Waals surface area contributed by atoms with Crippen LogP contribution in [0.25, 0.3) is 0 Å². The first-order valence-corrected chi connectivity index (χ1v) is 5.10. The Hall–Kier alpha value is -1.81. The van der Waals surface area contributed by atoms with E-state index in [-0.39, 0.29) is 0 Å². The first kappa shape index (κ1) is 10.7. The van der Waals surface area contributed by atoms with E-state index in [0.717, 1.165) is 22.8 Å². The minimum Gasteiger partial charge on any atom is -0.484 e. The maximum atomic E-state index is 5.56. The van der Waals surface area contributed by atoms with Gasteiger partial charge < -0.3 is 14.9 Å². The van der Waals surface area contributed by atoms with E-state index >= 15 is 0 Å². The SMILES string of the molecule is Cc1ccc(OCc2occc2CN)cn1. The van der Waals surface area contributed by atoms with Gasteiger partial charge in [-0.15, -0.1) is 0 Å². The van der Waals surface area contributed by atoms with Gasteiger partial charge in [-0.3, -0.25) is 4.98 Å². The number of hydrogen-bond donors (Lipinski definition) is 1. The summed E-state index contributed by atoms with van der Waals surface area (Å²) in [5.74, 6) is 1.49.